The van der Waals surface area contributed by atoms with Crippen LogP contribution in [0.2, 0.25) is 0 Å². The second-order valence-electron chi connectivity index (χ2n) is 6.21. The Bertz CT molecular complexity index is 1210. The minimum absolute atomic E-state index is 0.0518. The van der Waals surface area contributed by atoms with Gasteiger partial charge in [-0.2, -0.15) is 13.2 Å². The Morgan fingerprint density at radius 1 is 0.897 bits per heavy atom. The van der Waals surface area contributed by atoms with Gasteiger partial charge in [0.1, 0.15) is 17.7 Å². The molecular formula is C20H14F3N5O. The fourth-order valence-corrected chi connectivity index (χ4v) is 2.84. The predicted molar refractivity (Wildman–Crippen MR) is 103 cm³/mol. The van der Waals surface area contributed by atoms with Gasteiger partial charge in [0.05, 0.1) is 11.3 Å². The first-order chi connectivity index (χ1) is 13.8. The van der Waals surface area contributed by atoms with Crippen molar-refractivity contribution < 1.29 is 17.9 Å². The van der Waals surface area contributed by atoms with Gasteiger partial charge in [-0.3, -0.25) is 0 Å². The summed E-state index contributed by atoms with van der Waals surface area (Å²) in [5, 5.41) is 0.831. The van der Waals surface area contributed by atoms with Gasteiger partial charge in [0, 0.05) is 22.7 Å². The van der Waals surface area contributed by atoms with E-state index >= 15 is 0 Å². The van der Waals surface area contributed by atoms with Crippen LogP contribution in [-0.4, -0.2) is 15.0 Å². The largest absolute Gasteiger partial charge is 0.437 e. The highest BCUT2D eigenvalue weighted by Gasteiger charge is 2.31. The highest BCUT2D eigenvalue weighted by atomic mass is 19.4. The number of rotatable bonds is 3. The molecule has 4 N–H and O–H groups in total. The minimum Gasteiger partial charge on any atom is -0.437 e. The molecule has 4 rings (SSSR count). The molecule has 0 aliphatic rings. The molecule has 0 bridgehead atoms. The molecule has 146 valence electrons. The number of nitrogen functional groups attached to an aromatic ring is 2. The van der Waals surface area contributed by atoms with E-state index in [2.05, 4.69) is 15.0 Å². The second kappa shape index (κ2) is 6.93. The Balaban J connectivity index is 1.70. The van der Waals surface area contributed by atoms with Crippen molar-refractivity contribution in [2.75, 3.05) is 11.5 Å². The van der Waals surface area contributed by atoms with Gasteiger partial charge in [-0.1, -0.05) is 18.2 Å². The van der Waals surface area contributed by atoms with Crippen molar-refractivity contribution in [3.8, 4) is 22.9 Å². The quantitative estimate of drug-likeness (QED) is 0.488. The molecule has 9 heteroatoms. The van der Waals surface area contributed by atoms with E-state index in [9.17, 15) is 13.2 Å². The van der Waals surface area contributed by atoms with Crippen molar-refractivity contribution in [1.29, 1.82) is 0 Å². The highest BCUT2D eigenvalue weighted by Crippen LogP contribution is 2.35. The zero-order valence-corrected chi connectivity index (χ0v) is 14.8. The number of para-hydroxylation sites is 1. The number of alkyl halides is 3. The van der Waals surface area contributed by atoms with Crippen molar-refractivity contribution in [1.82, 2.24) is 15.0 Å². The van der Waals surface area contributed by atoms with Crippen LogP contribution in [0.5, 0.6) is 11.6 Å². The first kappa shape index (κ1) is 18.5. The lowest BCUT2D eigenvalue weighted by atomic mass is 10.1. The number of hydrogen-bond donors (Lipinski definition) is 2. The van der Waals surface area contributed by atoms with Crippen molar-refractivity contribution in [2.45, 2.75) is 6.18 Å². The third-order valence-electron chi connectivity index (χ3n) is 4.22. The van der Waals surface area contributed by atoms with Gasteiger partial charge >= 0.3 is 6.18 Å². The van der Waals surface area contributed by atoms with Gasteiger partial charge in [-0.15, -0.1) is 0 Å². The maximum absolute atomic E-state index is 12.8. The molecule has 0 aliphatic carbocycles. The van der Waals surface area contributed by atoms with Crippen LogP contribution in [0.25, 0.3) is 22.2 Å². The van der Waals surface area contributed by atoms with Crippen molar-refractivity contribution in [3.05, 3.63) is 66.5 Å². The minimum atomic E-state index is -4.48. The molecule has 0 spiro atoms. The number of nitrogens with two attached hydrogens (primary N) is 2. The number of pyridine rings is 1. The fourth-order valence-electron chi connectivity index (χ4n) is 2.84. The summed E-state index contributed by atoms with van der Waals surface area (Å²) in [6.07, 6.45) is -3.23. The van der Waals surface area contributed by atoms with Crippen LogP contribution in [0.4, 0.5) is 24.7 Å². The number of halogens is 3. The SMILES string of the molecule is Nc1ccc2cccc(Oc3cc(-c4ccc(C(F)(F)F)cc4N)ncn3)c2n1. The van der Waals surface area contributed by atoms with E-state index in [0.29, 0.717) is 28.3 Å². The normalized spacial score (nSPS) is 11.6. The first-order valence-electron chi connectivity index (χ1n) is 8.43. The van der Waals surface area contributed by atoms with Gasteiger partial charge in [0.25, 0.3) is 0 Å². The summed E-state index contributed by atoms with van der Waals surface area (Å²) < 4.78 is 44.4. The molecule has 0 saturated heterocycles. The van der Waals surface area contributed by atoms with Crippen LogP contribution in [0.3, 0.4) is 0 Å². The van der Waals surface area contributed by atoms with E-state index < -0.39 is 11.7 Å². The van der Waals surface area contributed by atoms with Crippen molar-refractivity contribution >= 4 is 22.4 Å². The smallest absolute Gasteiger partial charge is 0.416 e. The second-order valence-corrected chi connectivity index (χ2v) is 6.21. The summed E-state index contributed by atoms with van der Waals surface area (Å²) in [7, 11) is 0. The first-order valence-corrected chi connectivity index (χ1v) is 8.43. The van der Waals surface area contributed by atoms with E-state index in [1.165, 1.54) is 18.5 Å². The maximum Gasteiger partial charge on any atom is 0.416 e. The number of ether oxygens (including phenoxy) is 1. The number of anilines is 2. The third kappa shape index (κ3) is 3.75. The average Bonchev–Trinajstić information content (AvgIpc) is 2.68. The molecule has 4 aromatic rings. The zero-order chi connectivity index (χ0) is 20.6. The number of hydrogen-bond acceptors (Lipinski definition) is 6. The molecule has 0 radical (unpaired) electrons. The van der Waals surface area contributed by atoms with E-state index in [1.54, 1.807) is 18.2 Å². The summed E-state index contributed by atoms with van der Waals surface area (Å²) >= 11 is 0. The molecule has 29 heavy (non-hydrogen) atoms. The summed E-state index contributed by atoms with van der Waals surface area (Å²) in [6.45, 7) is 0. The van der Waals surface area contributed by atoms with Crippen LogP contribution in [0.15, 0.2) is 60.9 Å². The Kier molecular flexibility index (Phi) is 4.42. The lowest BCUT2D eigenvalue weighted by Crippen LogP contribution is -2.06. The summed E-state index contributed by atoms with van der Waals surface area (Å²) in [6, 6.07) is 13.5. The van der Waals surface area contributed by atoms with Gasteiger partial charge in [0.15, 0.2) is 5.75 Å². The molecule has 0 aliphatic heterocycles. The summed E-state index contributed by atoms with van der Waals surface area (Å²) in [5.74, 6) is 0.959. The van der Waals surface area contributed by atoms with Gasteiger partial charge in [-0.25, -0.2) is 15.0 Å². The van der Waals surface area contributed by atoms with Crippen LogP contribution in [0, 0.1) is 0 Å². The number of benzene rings is 2. The van der Waals surface area contributed by atoms with Crippen LogP contribution < -0.4 is 16.2 Å². The average molecular weight is 397 g/mol. The van der Waals surface area contributed by atoms with Gasteiger partial charge in [-0.05, 0) is 30.3 Å². The van der Waals surface area contributed by atoms with Gasteiger partial charge in [0.2, 0.25) is 5.88 Å². The molecule has 2 aromatic carbocycles. The Morgan fingerprint density at radius 3 is 2.48 bits per heavy atom. The highest BCUT2D eigenvalue weighted by molar-refractivity contribution is 5.86. The molecule has 0 atom stereocenters. The molecule has 0 saturated carbocycles. The summed E-state index contributed by atoms with van der Waals surface area (Å²) in [5.41, 5.74) is 11.9. The number of nitrogens with zero attached hydrogens (tertiary/aromatic N) is 3. The molecule has 0 unspecified atom stereocenters. The molecule has 0 amide bonds. The Morgan fingerprint density at radius 2 is 1.72 bits per heavy atom. The topological polar surface area (TPSA) is 99.9 Å². The fraction of sp³-hybridized carbons (Fsp3) is 0.0500. The van der Waals surface area contributed by atoms with Gasteiger partial charge < -0.3 is 16.2 Å². The lowest BCUT2D eigenvalue weighted by molar-refractivity contribution is -0.137. The van der Waals surface area contributed by atoms with Crippen LogP contribution >= 0.6 is 0 Å². The van der Waals surface area contributed by atoms with E-state index in [4.69, 9.17) is 16.2 Å². The van der Waals surface area contributed by atoms with E-state index in [1.807, 2.05) is 12.1 Å². The monoisotopic (exact) mass is 397 g/mol. The predicted octanol–water partition coefficient (Wildman–Crippen LogP) is 4.67. The molecule has 6 nitrogen and oxygen atoms in total. The molecule has 2 aromatic heterocycles. The maximum atomic E-state index is 12.8. The molecule has 2 heterocycles. The molecule has 0 fully saturated rings. The third-order valence-corrected chi connectivity index (χ3v) is 4.22. The van der Waals surface area contributed by atoms with Crippen LogP contribution in [0.1, 0.15) is 5.56 Å². The van der Waals surface area contributed by atoms with Crippen molar-refractivity contribution in [3.63, 3.8) is 0 Å². The van der Waals surface area contributed by atoms with E-state index in [-0.39, 0.29) is 11.6 Å². The summed E-state index contributed by atoms with van der Waals surface area (Å²) in [4.78, 5) is 12.4. The Labute approximate surface area is 163 Å². The van der Waals surface area contributed by atoms with Crippen molar-refractivity contribution in [2.24, 2.45) is 0 Å². The van der Waals surface area contributed by atoms with Crippen LogP contribution in [-0.2, 0) is 6.18 Å². The van der Waals surface area contributed by atoms with E-state index in [0.717, 1.165) is 17.5 Å². The number of aromatic nitrogens is 3. The Hall–Kier alpha value is -3.88. The molecular weight excluding hydrogens is 383 g/mol. The number of fused-ring (bicyclic) bond motifs is 1. The zero-order valence-electron chi connectivity index (χ0n) is 14.8. The lowest BCUT2D eigenvalue weighted by Gasteiger charge is -2.12. The standard InChI is InChI=1S/C20H14F3N5O/c21-20(22,23)12-5-6-13(14(24)8-12)15-9-18(27-10-26-15)29-16-3-1-2-11-4-7-17(25)28-19(11)16/h1-10H,24H2,(H2,25,28).